The van der Waals surface area contributed by atoms with E-state index in [2.05, 4.69) is 4.74 Å². The number of rotatable bonds is 4. The fraction of sp³-hybridized carbons (Fsp3) is 0.250. The van der Waals surface area contributed by atoms with Gasteiger partial charge in [-0.05, 0) is 47.2 Å². The largest absolute Gasteiger partial charge is 0.466 e. The van der Waals surface area contributed by atoms with Crippen LogP contribution in [-0.2, 0) is 14.3 Å². The van der Waals surface area contributed by atoms with Crippen LogP contribution in [0.2, 0.25) is 0 Å². The van der Waals surface area contributed by atoms with Gasteiger partial charge in [0.1, 0.15) is 0 Å². The zero-order chi connectivity index (χ0) is 18.5. The van der Waals surface area contributed by atoms with Gasteiger partial charge in [-0.25, -0.2) is 4.79 Å². The summed E-state index contributed by atoms with van der Waals surface area (Å²) in [6.45, 7) is 0.421. The van der Waals surface area contributed by atoms with E-state index < -0.39 is 4.92 Å². The monoisotopic (exact) mass is 353 g/mol. The van der Waals surface area contributed by atoms with Gasteiger partial charge in [0.15, 0.2) is 0 Å². The summed E-state index contributed by atoms with van der Waals surface area (Å²) < 4.78 is 10.5. The summed E-state index contributed by atoms with van der Waals surface area (Å²) in [5.74, 6) is -0.352. The number of nitro benzene ring substituents is 1. The second kappa shape index (κ2) is 7.93. The summed E-state index contributed by atoms with van der Waals surface area (Å²) in [4.78, 5) is 21.6. The lowest BCUT2D eigenvalue weighted by Crippen LogP contribution is -2.15. The number of hydrogen-bond acceptors (Lipinski definition) is 5. The first-order valence-electron chi connectivity index (χ1n) is 8.30. The number of nitrogens with zero attached hydrogens (tertiary/aromatic N) is 1. The third-order valence-corrected chi connectivity index (χ3v) is 4.41. The van der Waals surface area contributed by atoms with Gasteiger partial charge in [0.25, 0.3) is 5.69 Å². The minimum atomic E-state index is -0.407. The summed E-state index contributed by atoms with van der Waals surface area (Å²) in [6.07, 6.45) is 3.09. The summed E-state index contributed by atoms with van der Waals surface area (Å²) in [5, 5.41) is 10.7. The van der Waals surface area contributed by atoms with Crippen LogP contribution in [0, 0.1) is 10.1 Å². The molecule has 6 nitrogen and oxygen atoms in total. The Bertz CT molecular complexity index is 814. The van der Waals surface area contributed by atoms with Crippen molar-refractivity contribution in [1.29, 1.82) is 0 Å². The number of ether oxygens (including phenoxy) is 2. The molecule has 2 aromatic carbocycles. The van der Waals surface area contributed by atoms with E-state index in [-0.39, 0.29) is 17.8 Å². The van der Waals surface area contributed by atoms with Crippen molar-refractivity contribution in [2.75, 3.05) is 13.7 Å². The third kappa shape index (κ3) is 4.15. The number of carbonyl (C=O) groups excluding carboxylic acids is 1. The first kappa shape index (κ1) is 17.8. The number of carbonyl (C=O) groups is 1. The zero-order valence-corrected chi connectivity index (χ0v) is 14.4. The van der Waals surface area contributed by atoms with E-state index in [4.69, 9.17) is 4.74 Å². The lowest BCUT2D eigenvalue weighted by Gasteiger charge is -2.25. The quantitative estimate of drug-likeness (QED) is 0.356. The number of benzene rings is 2. The van der Waals surface area contributed by atoms with Crippen molar-refractivity contribution in [2.24, 2.45) is 0 Å². The Morgan fingerprint density at radius 2 is 1.77 bits per heavy atom. The first-order valence-corrected chi connectivity index (χ1v) is 8.30. The Hall–Kier alpha value is -2.99. The van der Waals surface area contributed by atoms with E-state index >= 15 is 0 Å². The van der Waals surface area contributed by atoms with E-state index in [0.717, 1.165) is 35.1 Å². The van der Waals surface area contributed by atoms with Crippen LogP contribution in [0.3, 0.4) is 0 Å². The van der Waals surface area contributed by atoms with Crippen LogP contribution in [0.25, 0.3) is 11.1 Å². The molecule has 0 amide bonds. The molecular weight excluding hydrogens is 334 g/mol. The molecule has 1 saturated heterocycles. The van der Waals surface area contributed by atoms with Gasteiger partial charge in [0.2, 0.25) is 0 Å². The molecule has 2 aromatic rings. The van der Waals surface area contributed by atoms with Gasteiger partial charge < -0.3 is 9.47 Å². The molecule has 134 valence electrons. The molecule has 0 aliphatic carbocycles. The molecule has 1 aliphatic rings. The number of hydrogen-bond donors (Lipinski definition) is 0. The molecule has 1 unspecified atom stereocenters. The Labute approximate surface area is 151 Å². The van der Waals surface area contributed by atoms with Gasteiger partial charge in [0.05, 0.1) is 24.7 Å². The van der Waals surface area contributed by atoms with Crippen LogP contribution in [0.15, 0.2) is 60.2 Å². The topological polar surface area (TPSA) is 78.7 Å². The van der Waals surface area contributed by atoms with Crippen molar-refractivity contribution in [3.8, 4) is 11.1 Å². The molecule has 1 atom stereocenters. The van der Waals surface area contributed by atoms with Gasteiger partial charge in [-0.3, -0.25) is 10.1 Å². The zero-order valence-electron chi connectivity index (χ0n) is 14.4. The number of methoxy groups -OCH3 is 1. The number of esters is 1. The maximum absolute atomic E-state index is 11.3. The number of non-ortho nitro benzene ring substituents is 1. The van der Waals surface area contributed by atoms with Crippen molar-refractivity contribution < 1.29 is 19.2 Å². The maximum atomic E-state index is 11.3. The van der Waals surface area contributed by atoms with Crippen molar-refractivity contribution in [1.82, 2.24) is 0 Å². The molecule has 0 bridgehead atoms. The molecule has 3 rings (SSSR count). The van der Waals surface area contributed by atoms with Crippen molar-refractivity contribution >= 4 is 11.7 Å². The fourth-order valence-electron chi connectivity index (χ4n) is 2.95. The SMILES string of the molecule is COC(=O)/C=C1\CCC(c2ccc(-c3ccc([N+](=O)[O-])cc3)cc2)OC1. The van der Waals surface area contributed by atoms with Crippen molar-refractivity contribution in [3.05, 3.63) is 75.9 Å². The molecule has 1 fully saturated rings. The van der Waals surface area contributed by atoms with Crippen molar-refractivity contribution in [2.45, 2.75) is 18.9 Å². The van der Waals surface area contributed by atoms with Gasteiger partial charge >= 0.3 is 5.97 Å². The van der Waals surface area contributed by atoms with E-state index in [9.17, 15) is 14.9 Å². The molecule has 0 radical (unpaired) electrons. The van der Waals surface area contributed by atoms with Gasteiger partial charge in [-0.15, -0.1) is 0 Å². The standard InChI is InChI=1S/C20H19NO5/c1-25-20(22)12-14-2-11-19(26-13-14)17-5-3-15(4-6-17)16-7-9-18(10-8-16)21(23)24/h3-10,12,19H,2,11,13H2,1H3/b14-12+. The summed E-state index contributed by atoms with van der Waals surface area (Å²) in [5.41, 5.74) is 4.01. The first-order chi connectivity index (χ1) is 12.6. The fourth-order valence-corrected chi connectivity index (χ4v) is 2.95. The summed E-state index contributed by atoms with van der Waals surface area (Å²) in [7, 11) is 1.36. The molecule has 6 heteroatoms. The highest BCUT2D eigenvalue weighted by atomic mass is 16.6. The van der Waals surface area contributed by atoms with Gasteiger partial charge in [-0.2, -0.15) is 0 Å². The highest BCUT2D eigenvalue weighted by Crippen LogP contribution is 2.32. The summed E-state index contributed by atoms with van der Waals surface area (Å²) in [6, 6.07) is 14.5. The maximum Gasteiger partial charge on any atom is 0.330 e. The number of nitro groups is 1. The molecule has 0 saturated carbocycles. The smallest absolute Gasteiger partial charge is 0.330 e. The molecule has 0 spiro atoms. The molecule has 1 heterocycles. The van der Waals surface area contributed by atoms with Gasteiger partial charge in [0, 0.05) is 18.2 Å². The Kier molecular flexibility index (Phi) is 5.43. The predicted molar refractivity (Wildman–Crippen MR) is 96.6 cm³/mol. The predicted octanol–water partition coefficient (Wildman–Crippen LogP) is 4.21. The minimum absolute atomic E-state index is 0.00397. The van der Waals surface area contributed by atoms with E-state index in [1.807, 2.05) is 24.3 Å². The van der Waals surface area contributed by atoms with Crippen LogP contribution >= 0.6 is 0 Å². The normalized spacial score (nSPS) is 18.5. The molecular formula is C20H19NO5. The molecule has 26 heavy (non-hydrogen) atoms. The average Bonchev–Trinajstić information content (AvgIpc) is 2.68. The minimum Gasteiger partial charge on any atom is -0.466 e. The average molecular weight is 353 g/mol. The van der Waals surface area contributed by atoms with Crippen molar-refractivity contribution in [3.63, 3.8) is 0 Å². The van der Waals surface area contributed by atoms with Crippen LogP contribution in [0.1, 0.15) is 24.5 Å². The highest BCUT2D eigenvalue weighted by molar-refractivity contribution is 5.82. The highest BCUT2D eigenvalue weighted by Gasteiger charge is 2.19. The van der Waals surface area contributed by atoms with Crippen LogP contribution < -0.4 is 0 Å². The van der Waals surface area contributed by atoms with Crippen LogP contribution in [0.4, 0.5) is 5.69 Å². The van der Waals surface area contributed by atoms with Crippen LogP contribution in [-0.4, -0.2) is 24.6 Å². The lowest BCUT2D eigenvalue weighted by atomic mass is 9.96. The Morgan fingerprint density at radius 1 is 1.15 bits per heavy atom. The van der Waals surface area contributed by atoms with E-state index in [0.29, 0.717) is 6.61 Å². The molecule has 1 aliphatic heterocycles. The molecule has 0 aromatic heterocycles. The second-order valence-corrected chi connectivity index (χ2v) is 6.09. The second-order valence-electron chi connectivity index (χ2n) is 6.09. The summed E-state index contributed by atoms with van der Waals surface area (Å²) >= 11 is 0. The van der Waals surface area contributed by atoms with Gasteiger partial charge in [-0.1, -0.05) is 24.3 Å². The van der Waals surface area contributed by atoms with Crippen LogP contribution in [0.5, 0.6) is 0 Å². The Balaban J connectivity index is 1.66. The lowest BCUT2D eigenvalue weighted by molar-refractivity contribution is -0.384. The third-order valence-electron chi connectivity index (χ3n) is 4.41. The van der Waals surface area contributed by atoms with E-state index in [1.54, 1.807) is 12.1 Å². The Morgan fingerprint density at radius 3 is 2.27 bits per heavy atom. The van der Waals surface area contributed by atoms with E-state index in [1.165, 1.54) is 25.3 Å². The molecule has 0 N–H and O–H groups in total.